The maximum absolute atomic E-state index is 12.3. The summed E-state index contributed by atoms with van der Waals surface area (Å²) in [5, 5.41) is 3.51. The van der Waals surface area contributed by atoms with Crippen LogP contribution in [0.15, 0.2) is 12.5 Å². The molecule has 0 aliphatic heterocycles. The molecule has 1 aliphatic carbocycles. The number of aryl methyl sites for hydroxylation is 1. The number of ether oxygens (including phenoxy) is 1. The molecule has 0 spiro atoms. The highest BCUT2D eigenvalue weighted by Crippen LogP contribution is 2.22. The summed E-state index contributed by atoms with van der Waals surface area (Å²) in [5.74, 6) is -0.194. The lowest BCUT2D eigenvalue weighted by Crippen LogP contribution is -2.40. The molecule has 21 heavy (non-hydrogen) atoms. The third kappa shape index (κ3) is 4.30. The van der Waals surface area contributed by atoms with E-state index in [-0.39, 0.29) is 5.97 Å². The van der Waals surface area contributed by atoms with Crippen molar-refractivity contribution >= 4 is 5.97 Å². The molecule has 0 radical (unpaired) electrons. The molecule has 2 rings (SSSR count). The highest BCUT2D eigenvalue weighted by atomic mass is 16.5. The first kappa shape index (κ1) is 16.0. The molecule has 1 unspecified atom stereocenters. The van der Waals surface area contributed by atoms with Crippen LogP contribution < -0.4 is 5.32 Å². The number of hydrogen-bond acceptors (Lipinski definition) is 4. The normalized spacial score (nSPS) is 17.6. The van der Waals surface area contributed by atoms with Crippen molar-refractivity contribution in [1.82, 2.24) is 14.9 Å². The second kappa shape index (κ2) is 8.17. The third-order valence-corrected chi connectivity index (χ3v) is 4.03. The molecule has 1 aromatic rings. The SMILES string of the molecule is CCCn1cncc1C(NC1CCCCC1)C(=O)OCC. The predicted molar refractivity (Wildman–Crippen MR) is 81.9 cm³/mol. The Morgan fingerprint density at radius 3 is 2.86 bits per heavy atom. The van der Waals surface area contributed by atoms with Crippen molar-refractivity contribution in [2.24, 2.45) is 0 Å². The predicted octanol–water partition coefficient (Wildman–Crippen LogP) is 2.82. The van der Waals surface area contributed by atoms with Crippen LogP contribution in [0.1, 0.15) is 64.1 Å². The van der Waals surface area contributed by atoms with Gasteiger partial charge >= 0.3 is 5.97 Å². The zero-order valence-electron chi connectivity index (χ0n) is 13.2. The van der Waals surface area contributed by atoms with Crippen molar-refractivity contribution in [2.75, 3.05) is 6.61 Å². The van der Waals surface area contributed by atoms with Crippen LogP contribution in [-0.4, -0.2) is 28.2 Å². The fourth-order valence-corrected chi connectivity index (χ4v) is 3.00. The van der Waals surface area contributed by atoms with Gasteiger partial charge in [-0.15, -0.1) is 0 Å². The van der Waals surface area contributed by atoms with Crippen molar-refractivity contribution in [2.45, 2.75) is 71.0 Å². The van der Waals surface area contributed by atoms with Crippen LogP contribution in [0.3, 0.4) is 0 Å². The van der Waals surface area contributed by atoms with E-state index in [2.05, 4.69) is 21.8 Å². The standard InChI is InChI=1S/C16H27N3O2/c1-3-10-19-12-17-11-14(19)15(16(20)21-4-2)18-13-8-6-5-7-9-13/h11-13,15,18H,3-10H2,1-2H3. The lowest BCUT2D eigenvalue weighted by molar-refractivity contribution is -0.146. The topological polar surface area (TPSA) is 56.2 Å². The van der Waals surface area contributed by atoms with Crippen LogP contribution in [0.25, 0.3) is 0 Å². The number of nitrogens with one attached hydrogen (secondary N) is 1. The zero-order valence-corrected chi connectivity index (χ0v) is 13.2. The van der Waals surface area contributed by atoms with Crippen LogP contribution in [0, 0.1) is 0 Å². The molecule has 0 bridgehead atoms. The number of aromatic nitrogens is 2. The Morgan fingerprint density at radius 2 is 2.19 bits per heavy atom. The van der Waals surface area contributed by atoms with Gasteiger partial charge in [-0.25, -0.2) is 9.78 Å². The van der Waals surface area contributed by atoms with E-state index in [1.54, 1.807) is 12.5 Å². The van der Waals surface area contributed by atoms with Crippen LogP contribution >= 0.6 is 0 Å². The van der Waals surface area contributed by atoms with Gasteiger partial charge in [0, 0.05) is 12.6 Å². The summed E-state index contributed by atoms with van der Waals surface area (Å²) < 4.78 is 7.31. The van der Waals surface area contributed by atoms with Gasteiger partial charge in [-0.3, -0.25) is 5.32 Å². The summed E-state index contributed by atoms with van der Waals surface area (Å²) in [4.78, 5) is 16.6. The maximum Gasteiger partial charge on any atom is 0.329 e. The van der Waals surface area contributed by atoms with E-state index in [1.165, 1.54) is 19.3 Å². The van der Waals surface area contributed by atoms with Gasteiger partial charge < -0.3 is 9.30 Å². The molecule has 1 saturated carbocycles. The quantitative estimate of drug-likeness (QED) is 0.785. The minimum Gasteiger partial charge on any atom is -0.465 e. The number of rotatable bonds is 7. The van der Waals surface area contributed by atoms with Gasteiger partial charge in [-0.1, -0.05) is 26.2 Å². The van der Waals surface area contributed by atoms with Gasteiger partial charge in [0.1, 0.15) is 6.04 Å². The summed E-state index contributed by atoms with van der Waals surface area (Å²) >= 11 is 0. The Bertz CT molecular complexity index is 438. The smallest absolute Gasteiger partial charge is 0.329 e. The minimum atomic E-state index is -0.401. The van der Waals surface area contributed by atoms with Gasteiger partial charge in [0.25, 0.3) is 0 Å². The second-order valence-electron chi connectivity index (χ2n) is 5.70. The van der Waals surface area contributed by atoms with E-state index < -0.39 is 6.04 Å². The molecule has 0 saturated heterocycles. The summed E-state index contributed by atoms with van der Waals surface area (Å²) in [6.45, 7) is 5.25. The monoisotopic (exact) mass is 293 g/mol. The van der Waals surface area contributed by atoms with Crippen molar-refractivity contribution in [3.63, 3.8) is 0 Å². The van der Waals surface area contributed by atoms with E-state index in [0.717, 1.165) is 31.5 Å². The molecule has 1 heterocycles. The van der Waals surface area contributed by atoms with E-state index in [4.69, 9.17) is 4.74 Å². The van der Waals surface area contributed by atoms with Crippen molar-refractivity contribution in [3.8, 4) is 0 Å². The van der Waals surface area contributed by atoms with Crippen molar-refractivity contribution < 1.29 is 9.53 Å². The fraction of sp³-hybridized carbons (Fsp3) is 0.750. The van der Waals surface area contributed by atoms with E-state index >= 15 is 0 Å². The summed E-state index contributed by atoms with van der Waals surface area (Å²) in [6.07, 6.45) is 10.7. The Morgan fingerprint density at radius 1 is 1.43 bits per heavy atom. The first-order valence-electron chi connectivity index (χ1n) is 8.19. The Balaban J connectivity index is 2.14. The van der Waals surface area contributed by atoms with Gasteiger partial charge in [0.05, 0.1) is 24.8 Å². The molecule has 1 aliphatic rings. The van der Waals surface area contributed by atoms with E-state index in [0.29, 0.717) is 12.6 Å². The molecule has 1 atom stereocenters. The average Bonchev–Trinajstić information content (AvgIpc) is 2.94. The number of carbonyl (C=O) groups is 1. The highest BCUT2D eigenvalue weighted by Gasteiger charge is 2.28. The fourth-order valence-electron chi connectivity index (χ4n) is 3.00. The summed E-state index contributed by atoms with van der Waals surface area (Å²) in [7, 11) is 0. The first-order chi connectivity index (χ1) is 10.3. The van der Waals surface area contributed by atoms with Crippen LogP contribution in [-0.2, 0) is 16.1 Å². The van der Waals surface area contributed by atoms with Gasteiger partial charge in [-0.05, 0) is 26.2 Å². The molecule has 5 heteroatoms. The molecule has 118 valence electrons. The number of carbonyl (C=O) groups excluding carboxylic acids is 1. The largest absolute Gasteiger partial charge is 0.465 e. The molecule has 1 N–H and O–H groups in total. The lowest BCUT2D eigenvalue weighted by atomic mass is 9.94. The van der Waals surface area contributed by atoms with E-state index in [9.17, 15) is 4.79 Å². The Kier molecular flexibility index (Phi) is 6.23. The van der Waals surface area contributed by atoms with Crippen LogP contribution in [0.5, 0.6) is 0 Å². The van der Waals surface area contributed by atoms with E-state index in [1.807, 2.05) is 6.92 Å². The molecular weight excluding hydrogens is 266 g/mol. The Hall–Kier alpha value is -1.36. The zero-order chi connectivity index (χ0) is 15.1. The molecular formula is C16H27N3O2. The number of imidazole rings is 1. The minimum absolute atomic E-state index is 0.194. The van der Waals surface area contributed by atoms with Gasteiger partial charge in [0.2, 0.25) is 0 Å². The molecule has 1 fully saturated rings. The van der Waals surface area contributed by atoms with Gasteiger partial charge in [-0.2, -0.15) is 0 Å². The van der Waals surface area contributed by atoms with Crippen molar-refractivity contribution in [1.29, 1.82) is 0 Å². The Labute approximate surface area is 127 Å². The average molecular weight is 293 g/mol. The number of esters is 1. The van der Waals surface area contributed by atoms with Crippen molar-refractivity contribution in [3.05, 3.63) is 18.2 Å². The molecule has 0 amide bonds. The number of hydrogen-bond donors (Lipinski definition) is 1. The maximum atomic E-state index is 12.3. The van der Waals surface area contributed by atoms with Crippen LogP contribution in [0.2, 0.25) is 0 Å². The first-order valence-corrected chi connectivity index (χ1v) is 8.19. The highest BCUT2D eigenvalue weighted by molar-refractivity contribution is 5.77. The lowest BCUT2D eigenvalue weighted by Gasteiger charge is -2.27. The molecule has 0 aromatic carbocycles. The third-order valence-electron chi connectivity index (χ3n) is 4.03. The second-order valence-corrected chi connectivity index (χ2v) is 5.70. The summed E-state index contributed by atoms with van der Waals surface area (Å²) in [5.41, 5.74) is 0.917. The summed E-state index contributed by atoms with van der Waals surface area (Å²) in [6, 6.07) is 0.000215. The molecule has 5 nitrogen and oxygen atoms in total. The van der Waals surface area contributed by atoms with Gasteiger partial charge in [0.15, 0.2) is 0 Å². The number of nitrogens with zero attached hydrogens (tertiary/aromatic N) is 2. The van der Waals surface area contributed by atoms with Crippen LogP contribution in [0.4, 0.5) is 0 Å². The molecule has 1 aromatic heterocycles.